The van der Waals surface area contributed by atoms with Gasteiger partial charge in [0.1, 0.15) is 19.3 Å². The maximum Gasteiger partial charge on any atom is 0.328 e. The number of amides is 1. The van der Waals surface area contributed by atoms with Crippen LogP contribution >= 0.6 is 0 Å². The van der Waals surface area contributed by atoms with Gasteiger partial charge < -0.3 is 14.8 Å². The number of carbonyl (C=O) groups excluding carboxylic acids is 3. The van der Waals surface area contributed by atoms with E-state index in [1.165, 1.54) is 19.1 Å². The molecule has 0 bridgehead atoms. The minimum absolute atomic E-state index is 0.00196. The Hall–Kier alpha value is -2.11. The molecule has 0 fully saturated rings. The van der Waals surface area contributed by atoms with Crippen molar-refractivity contribution >= 4 is 17.8 Å². The third kappa shape index (κ3) is 8.59. The Labute approximate surface area is 112 Å². The summed E-state index contributed by atoms with van der Waals surface area (Å²) in [5.74, 6) is -1.45. The molecule has 0 aromatic heterocycles. The Morgan fingerprint density at radius 1 is 1.16 bits per heavy atom. The van der Waals surface area contributed by atoms with Gasteiger partial charge >= 0.3 is 11.9 Å². The number of carbonyl (C=O) groups is 3. The van der Waals surface area contributed by atoms with Crippen LogP contribution in [0, 0.1) is 0 Å². The molecule has 6 heteroatoms. The van der Waals surface area contributed by atoms with Crippen molar-refractivity contribution in [1.29, 1.82) is 0 Å². The summed E-state index contributed by atoms with van der Waals surface area (Å²) in [7, 11) is 0. The van der Waals surface area contributed by atoms with Crippen LogP contribution in [0.1, 0.15) is 19.8 Å². The molecule has 0 radical (unpaired) electrons. The molecule has 0 aromatic rings. The van der Waals surface area contributed by atoms with E-state index in [0.29, 0.717) is 0 Å². The molecule has 0 spiro atoms. The highest BCUT2D eigenvalue weighted by atomic mass is 16.5. The zero-order valence-electron chi connectivity index (χ0n) is 11.0. The lowest BCUT2D eigenvalue weighted by Crippen LogP contribution is -2.41. The molecule has 106 valence electrons. The smallest absolute Gasteiger partial charge is 0.328 e. The third-order valence-electron chi connectivity index (χ3n) is 2.00. The molecular formula is C13H19NO5. The molecule has 0 aliphatic rings. The van der Waals surface area contributed by atoms with Crippen LogP contribution in [0.4, 0.5) is 0 Å². The van der Waals surface area contributed by atoms with Crippen molar-refractivity contribution < 1.29 is 23.9 Å². The Bertz CT molecular complexity index is 351. The number of esters is 2. The first-order chi connectivity index (χ1) is 9.01. The van der Waals surface area contributed by atoms with Crippen molar-refractivity contribution in [3.05, 3.63) is 25.3 Å². The van der Waals surface area contributed by atoms with Crippen LogP contribution in [0.15, 0.2) is 25.3 Å². The van der Waals surface area contributed by atoms with Gasteiger partial charge in [-0.15, -0.1) is 0 Å². The largest absolute Gasteiger partial charge is 0.461 e. The maximum atomic E-state index is 11.6. The molecule has 19 heavy (non-hydrogen) atoms. The monoisotopic (exact) mass is 269 g/mol. The molecule has 0 aliphatic carbocycles. The van der Waals surface area contributed by atoms with Crippen molar-refractivity contribution in [1.82, 2.24) is 5.32 Å². The van der Waals surface area contributed by atoms with E-state index in [9.17, 15) is 14.4 Å². The van der Waals surface area contributed by atoms with E-state index in [1.807, 2.05) is 0 Å². The Morgan fingerprint density at radius 2 is 1.74 bits per heavy atom. The third-order valence-corrected chi connectivity index (χ3v) is 2.00. The topological polar surface area (TPSA) is 81.7 Å². The minimum atomic E-state index is -0.867. The highest BCUT2D eigenvalue weighted by Crippen LogP contribution is 2.02. The van der Waals surface area contributed by atoms with E-state index in [2.05, 4.69) is 18.5 Å². The molecule has 0 saturated carbocycles. The average Bonchev–Trinajstić information content (AvgIpc) is 2.37. The molecule has 1 atom stereocenters. The fraction of sp³-hybridized carbons (Fsp3) is 0.462. The van der Waals surface area contributed by atoms with Gasteiger partial charge in [-0.1, -0.05) is 25.3 Å². The Balaban J connectivity index is 4.29. The van der Waals surface area contributed by atoms with Gasteiger partial charge in [0.25, 0.3) is 0 Å². The number of hydrogen-bond acceptors (Lipinski definition) is 5. The van der Waals surface area contributed by atoms with Gasteiger partial charge in [-0.05, 0) is 6.42 Å². The van der Waals surface area contributed by atoms with Crippen LogP contribution in [0.5, 0.6) is 0 Å². The van der Waals surface area contributed by atoms with Crippen LogP contribution in [0.25, 0.3) is 0 Å². The van der Waals surface area contributed by atoms with E-state index in [0.717, 1.165) is 0 Å². The van der Waals surface area contributed by atoms with Gasteiger partial charge in [-0.25, -0.2) is 4.79 Å². The van der Waals surface area contributed by atoms with E-state index < -0.39 is 18.0 Å². The normalized spacial score (nSPS) is 11.0. The molecule has 0 saturated heterocycles. The summed E-state index contributed by atoms with van der Waals surface area (Å²) in [6.45, 7) is 8.27. The first kappa shape index (κ1) is 16.9. The quantitative estimate of drug-likeness (QED) is 0.493. The zero-order valence-corrected chi connectivity index (χ0v) is 11.0. The van der Waals surface area contributed by atoms with Crippen LogP contribution in [-0.2, 0) is 23.9 Å². The predicted molar refractivity (Wildman–Crippen MR) is 69.2 cm³/mol. The van der Waals surface area contributed by atoms with E-state index in [4.69, 9.17) is 9.47 Å². The number of hydrogen-bond donors (Lipinski definition) is 1. The SMILES string of the molecule is C=CCOC(=O)CC[C@H](NC(C)=O)C(=O)OCC=C. The fourth-order valence-electron chi connectivity index (χ4n) is 1.22. The second kappa shape index (κ2) is 9.87. The fourth-order valence-corrected chi connectivity index (χ4v) is 1.22. The van der Waals surface area contributed by atoms with Crippen LogP contribution < -0.4 is 5.32 Å². The highest BCUT2D eigenvalue weighted by Gasteiger charge is 2.22. The Kier molecular flexibility index (Phi) is 8.78. The van der Waals surface area contributed by atoms with Crippen molar-refractivity contribution in [3.8, 4) is 0 Å². The zero-order chi connectivity index (χ0) is 14.7. The molecule has 1 amide bonds. The van der Waals surface area contributed by atoms with Crippen molar-refractivity contribution in [2.75, 3.05) is 13.2 Å². The summed E-state index contributed by atoms with van der Waals surface area (Å²) < 4.78 is 9.60. The van der Waals surface area contributed by atoms with E-state index in [1.54, 1.807) is 0 Å². The second-order valence-electron chi connectivity index (χ2n) is 3.68. The first-order valence-electron chi connectivity index (χ1n) is 5.82. The molecule has 0 aromatic carbocycles. The molecule has 1 N–H and O–H groups in total. The van der Waals surface area contributed by atoms with Crippen molar-refractivity contribution in [2.45, 2.75) is 25.8 Å². The van der Waals surface area contributed by atoms with Gasteiger partial charge in [0.15, 0.2) is 0 Å². The molecule has 0 aliphatic heterocycles. The number of ether oxygens (including phenoxy) is 2. The van der Waals surface area contributed by atoms with E-state index >= 15 is 0 Å². The summed E-state index contributed by atoms with van der Waals surface area (Å²) in [6.07, 6.45) is 2.98. The lowest BCUT2D eigenvalue weighted by Gasteiger charge is -2.15. The van der Waals surface area contributed by atoms with Crippen LogP contribution in [0.3, 0.4) is 0 Å². The summed E-state index contributed by atoms with van der Waals surface area (Å²) in [4.78, 5) is 33.9. The lowest BCUT2D eigenvalue weighted by molar-refractivity contribution is -0.148. The lowest BCUT2D eigenvalue weighted by atomic mass is 10.1. The predicted octanol–water partition coefficient (Wildman–Crippen LogP) is 0.730. The van der Waals surface area contributed by atoms with Gasteiger partial charge in [-0.3, -0.25) is 9.59 Å². The summed E-state index contributed by atoms with van der Waals surface area (Å²) in [5.41, 5.74) is 0. The number of rotatable bonds is 9. The minimum Gasteiger partial charge on any atom is -0.461 e. The molecule has 6 nitrogen and oxygen atoms in total. The van der Waals surface area contributed by atoms with Gasteiger partial charge in [0.2, 0.25) is 5.91 Å². The second-order valence-corrected chi connectivity index (χ2v) is 3.68. The molecular weight excluding hydrogens is 250 g/mol. The molecule has 0 heterocycles. The van der Waals surface area contributed by atoms with Gasteiger partial charge in [0.05, 0.1) is 0 Å². The summed E-state index contributed by atoms with van der Waals surface area (Å²) >= 11 is 0. The summed E-state index contributed by atoms with van der Waals surface area (Å²) in [5, 5.41) is 2.42. The molecule has 0 unspecified atom stereocenters. The van der Waals surface area contributed by atoms with Gasteiger partial charge in [-0.2, -0.15) is 0 Å². The van der Waals surface area contributed by atoms with E-state index in [-0.39, 0.29) is 32.0 Å². The van der Waals surface area contributed by atoms with Gasteiger partial charge in [0, 0.05) is 13.3 Å². The van der Waals surface area contributed by atoms with Crippen LogP contribution in [0.2, 0.25) is 0 Å². The number of nitrogens with one attached hydrogen (secondary N) is 1. The van der Waals surface area contributed by atoms with Crippen molar-refractivity contribution in [2.24, 2.45) is 0 Å². The average molecular weight is 269 g/mol. The molecule has 0 rings (SSSR count). The van der Waals surface area contributed by atoms with Crippen LogP contribution in [-0.4, -0.2) is 37.1 Å². The maximum absolute atomic E-state index is 11.6. The first-order valence-corrected chi connectivity index (χ1v) is 5.82. The Morgan fingerprint density at radius 3 is 2.26 bits per heavy atom. The highest BCUT2D eigenvalue weighted by molar-refractivity contribution is 5.83. The standard InChI is InChI=1S/C13H19NO5/c1-4-8-18-12(16)7-6-11(14-10(3)15)13(17)19-9-5-2/h4-5,11H,1-2,6-9H2,3H3,(H,14,15)/t11-/m0/s1. The van der Waals surface area contributed by atoms with Crippen molar-refractivity contribution in [3.63, 3.8) is 0 Å². The summed E-state index contributed by atoms with van der Waals surface area (Å²) in [6, 6.07) is -0.867.